The fourth-order valence-electron chi connectivity index (χ4n) is 1.80. The third kappa shape index (κ3) is 8.09. The quantitative estimate of drug-likeness (QED) is 0.619. The zero-order valence-electron chi connectivity index (χ0n) is 12.5. The number of rotatable bonds is 6. The summed E-state index contributed by atoms with van der Waals surface area (Å²) in [5, 5.41) is 6.69. The monoisotopic (exact) mass is 336 g/mol. The van der Waals surface area contributed by atoms with Gasteiger partial charge in [-0.05, 0) is 24.7 Å². The van der Waals surface area contributed by atoms with Crippen molar-refractivity contribution >= 4 is 17.6 Å². The molecule has 1 rings (SSSR count). The molecule has 4 nitrogen and oxygen atoms in total. The molecule has 1 aromatic rings. The fraction of sp³-hybridized carbons (Fsp3) is 0.500. The van der Waals surface area contributed by atoms with Crippen molar-refractivity contribution in [1.29, 1.82) is 0 Å². The van der Waals surface area contributed by atoms with Gasteiger partial charge in [-0.3, -0.25) is 9.89 Å². The minimum absolute atomic E-state index is 0.261. The van der Waals surface area contributed by atoms with Crippen molar-refractivity contribution < 1.29 is 13.2 Å². The second-order valence-corrected chi connectivity index (χ2v) is 5.27. The summed E-state index contributed by atoms with van der Waals surface area (Å²) in [5.41, 5.74) is 0.990. The molecule has 0 atom stereocenters. The maximum Gasteiger partial charge on any atom is 0.401 e. The van der Waals surface area contributed by atoms with Crippen LogP contribution in [0.4, 0.5) is 13.2 Å². The molecular formula is C14H20ClF3N4. The Hall–Kier alpha value is -1.47. The van der Waals surface area contributed by atoms with Gasteiger partial charge >= 0.3 is 6.18 Å². The van der Waals surface area contributed by atoms with Gasteiger partial charge in [0.25, 0.3) is 0 Å². The lowest BCUT2D eigenvalue weighted by Gasteiger charge is -2.19. The Labute approximate surface area is 133 Å². The summed E-state index contributed by atoms with van der Waals surface area (Å²) in [7, 11) is 3.03. The predicted molar refractivity (Wildman–Crippen MR) is 83.2 cm³/mol. The summed E-state index contributed by atoms with van der Waals surface area (Å²) >= 11 is 5.89. The number of nitrogens with one attached hydrogen (secondary N) is 2. The molecule has 0 saturated heterocycles. The Morgan fingerprint density at radius 1 is 1.32 bits per heavy atom. The van der Waals surface area contributed by atoms with E-state index in [1.807, 2.05) is 18.2 Å². The number of hydrogen-bond acceptors (Lipinski definition) is 2. The first-order chi connectivity index (χ1) is 10.3. The van der Waals surface area contributed by atoms with Crippen molar-refractivity contribution in [2.75, 3.05) is 33.7 Å². The van der Waals surface area contributed by atoms with Crippen LogP contribution in [0.5, 0.6) is 0 Å². The van der Waals surface area contributed by atoms with Gasteiger partial charge in [-0.1, -0.05) is 23.7 Å². The van der Waals surface area contributed by atoms with Crippen LogP contribution >= 0.6 is 11.6 Å². The lowest BCUT2D eigenvalue weighted by atomic mass is 10.2. The van der Waals surface area contributed by atoms with E-state index in [0.29, 0.717) is 24.1 Å². The van der Waals surface area contributed by atoms with Crippen molar-refractivity contribution in [2.24, 2.45) is 4.99 Å². The normalized spacial score (nSPS) is 12.6. The highest BCUT2D eigenvalue weighted by atomic mass is 35.5. The van der Waals surface area contributed by atoms with Gasteiger partial charge in [-0.25, -0.2) is 0 Å². The van der Waals surface area contributed by atoms with Crippen molar-refractivity contribution in [3.05, 3.63) is 34.9 Å². The van der Waals surface area contributed by atoms with E-state index in [4.69, 9.17) is 11.6 Å². The van der Waals surface area contributed by atoms with Gasteiger partial charge in [0.1, 0.15) is 0 Å². The number of aliphatic imine (C=N–C) groups is 1. The van der Waals surface area contributed by atoms with E-state index in [1.54, 1.807) is 13.1 Å². The predicted octanol–water partition coefficient (Wildman–Crippen LogP) is 2.50. The molecule has 0 unspecified atom stereocenters. The van der Waals surface area contributed by atoms with Crippen molar-refractivity contribution in [3.8, 4) is 0 Å². The molecular weight excluding hydrogens is 317 g/mol. The summed E-state index contributed by atoms with van der Waals surface area (Å²) in [6, 6.07) is 7.39. The average Bonchev–Trinajstić information content (AvgIpc) is 2.40. The van der Waals surface area contributed by atoms with Gasteiger partial charge in [0.2, 0.25) is 0 Å². The van der Waals surface area contributed by atoms with Gasteiger partial charge < -0.3 is 10.6 Å². The van der Waals surface area contributed by atoms with Crippen molar-refractivity contribution in [1.82, 2.24) is 15.5 Å². The maximum atomic E-state index is 12.2. The Kier molecular flexibility index (Phi) is 7.47. The van der Waals surface area contributed by atoms with E-state index < -0.39 is 12.7 Å². The molecule has 0 amide bonds. The van der Waals surface area contributed by atoms with Crippen LogP contribution in [0.3, 0.4) is 0 Å². The Bertz CT molecular complexity index is 491. The highest BCUT2D eigenvalue weighted by molar-refractivity contribution is 6.30. The molecule has 0 heterocycles. The van der Waals surface area contributed by atoms with Crippen LogP contribution in [0.1, 0.15) is 5.56 Å². The molecule has 0 aliphatic rings. The van der Waals surface area contributed by atoms with Crippen LogP contribution < -0.4 is 10.6 Å². The van der Waals surface area contributed by atoms with Crippen LogP contribution in [0, 0.1) is 0 Å². The van der Waals surface area contributed by atoms with Gasteiger partial charge in [0, 0.05) is 31.7 Å². The summed E-state index contributed by atoms with van der Waals surface area (Å²) in [6.07, 6.45) is -4.18. The minimum atomic E-state index is -4.18. The summed E-state index contributed by atoms with van der Waals surface area (Å²) in [5.74, 6) is 0.528. The first-order valence-corrected chi connectivity index (χ1v) is 7.12. The fourth-order valence-corrected chi connectivity index (χ4v) is 2.02. The van der Waals surface area contributed by atoms with Crippen molar-refractivity contribution in [3.63, 3.8) is 0 Å². The maximum absolute atomic E-state index is 12.2. The number of guanidine groups is 1. The highest BCUT2D eigenvalue weighted by Gasteiger charge is 2.28. The van der Waals surface area contributed by atoms with E-state index in [2.05, 4.69) is 15.6 Å². The second kappa shape index (κ2) is 8.85. The molecule has 0 spiro atoms. The Balaban J connectivity index is 2.31. The van der Waals surface area contributed by atoms with E-state index in [0.717, 1.165) is 5.56 Å². The summed E-state index contributed by atoms with van der Waals surface area (Å²) in [6.45, 7) is 0.223. The van der Waals surface area contributed by atoms with Crippen LogP contribution in [0.2, 0.25) is 5.02 Å². The molecule has 0 aliphatic carbocycles. The molecule has 8 heteroatoms. The molecule has 0 radical (unpaired) electrons. The largest absolute Gasteiger partial charge is 0.401 e. The van der Waals surface area contributed by atoms with E-state index >= 15 is 0 Å². The number of likely N-dealkylation sites (N-methyl/N-ethyl adjacent to an activating group) is 1. The standard InChI is InChI=1S/C14H20ClF3N4/c1-19-13(20-6-7-22(2)10-14(16,17)18)21-9-11-4-3-5-12(15)8-11/h3-5,8H,6-7,9-10H2,1-2H3,(H2,19,20,21). The molecule has 1 aromatic carbocycles. The highest BCUT2D eigenvalue weighted by Crippen LogP contribution is 2.15. The SMILES string of the molecule is CN=C(NCCN(C)CC(F)(F)F)NCc1cccc(Cl)c1. The zero-order chi connectivity index (χ0) is 16.6. The molecule has 0 saturated carbocycles. The van der Waals surface area contributed by atoms with Gasteiger partial charge in [0.05, 0.1) is 6.54 Å². The van der Waals surface area contributed by atoms with Gasteiger partial charge in [-0.2, -0.15) is 13.2 Å². The van der Waals surface area contributed by atoms with Crippen LogP contribution in [-0.2, 0) is 6.54 Å². The third-order valence-corrected chi connectivity index (χ3v) is 3.04. The van der Waals surface area contributed by atoms with E-state index in [9.17, 15) is 13.2 Å². The van der Waals surface area contributed by atoms with Crippen molar-refractivity contribution in [2.45, 2.75) is 12.7 Å². The number of alkyl halides is 3. The third-order valence-electron chi connectivity index (χ3n) is 2.81. The first kappa shape index (κ1) is 18.6. The average molecular weight is 337 g/mol. The smallest absolute Gasteiger partial charge is 0.355 e. The molecule has 124 valence electrons. The topological polar surface area (TPSA) is 39.7 Å². The van der Waals surface area contributed by atoms with Gasteiger partial charge in [-0.15, -0.1) is 0 Å². The van der Waals surface area contributed by atoms with Gasteiger partial charge in [0.15, 0.2) is 5.96 Å². The van der Waals surface area contributed by atoms with Crippen LogP contribution in [0.15, 0.2) is 29.3 Å². The number of benzene rings is 1. The molecule has 22 heavy (non-hydrogen) atoms. The summed E-state index contributed by atoms with van der Waals surface area (Å²) < 4.78 is 36.6. The molecule has 0 bridgehead atoms. The van der Waals surface area contributed by atoms with E-state index in [1.165, 1.54) is 11.9 Å². The zero-order valence-corrected chi connectivity index (χ0v) is 13.3. The second-order valence-electron chi connectivity index (χ2n) is 4.84. The number of halogens is 4. The molecule has 0 aromatic heterocycles. The number of hydrogen-bond donors (Lipinski definition) is 2. The molecule has 2 N–H and O–H groups in total. The molecule has 0 fully saturated rings. The molecule has 0 aliphatic heterocycles. The Morgan fingerprint density at radius 2 is 2.05 bits per heavy atom. The lowest BCUT2D eigenvalue weighted by Crippen LogP contribution is -2.42. The number of nitrogens with zero attached hydrogens (tertiary/aromatic N) is 2. The van der Waals surface area contributed by atoms with E-state index in [-0.39, 0.29) is 6.54 Å². The lowest BCUT2D eigenvalue weighted by molar-refractivity contribution is -0.142. The minimum Gasteiger partial charge on any atom is -0.355 e. The van der Waals surface area contributed by atoms with Crippen LogP contribution in [0.25, 0.3) is 0 Å². The first-order valence-electron chi connectivity index (χ1n) is 6.74. The Morgan fingerprint density at radius 3 is 2.64 bits per heavy atom. The van der Waals surface area contributed by atoms with Crippen LogP contribution in [-0.4, -0.2) is 50.8 Å². The summed E-state index contributed by atoms with van der Waals surface area (Å²) in [4.78, 5) is 5.22.